The monoisotopic (exact) mass is 240 g/mol. The minimum Gasteiger partial charge on any atom is -0.290 e. The van der Waals surface area contributed by atoms with Crippen molar-refractivity contribution in [2.75, 3.05) is 39.3 Å². The highest BCUT2D eigenvalue weighted by atomic mass is 15.1. The van der Waals surface area contributed by atoms with Gasteiger partial charge in [0, 0.05) is 51.9 Å². The molecule has 2 nitrogen and oxygen atoms in total. The summed E-state index contributed by atoms with van der Waals surface area (Å²) in [6.45, 7) is 5.80. The molecule has 0 fully saturated rings. The second-order valence-corrected chi connectivity index (χ2v) is 4.61. The van der Waals surface area contributed by atoms with Crippen molar-refractivity contribution < 1.29 is 0 Å². The highest BCUT2D eigenvalue weighted by Crippen LogP contribution is 1.98. The molecule has 0 unspecified atom stereocenters. The quantitative estimate of drug-likeness (QED) is 0.587. The number of rotatable bonds is 0. The van der Waals surface area contributed by atoms with Gasteiger partial charge < -0.3 is 0 Å². The molecular formula is C16H20N2. The van der Waals surface area contributed by atoms with Crippen LogP contribution in [0.3, 0.4) is 0 Å². The van der Waals surface area contributed by atoms with Gasteiger partial charge in [0.05, 0.1) is 13.1 Å². The lowest BCUT2D eigenvalue weighted by Crippen LogP contribution is -2.28. The Balaban J connectivity index is 2.09. The van der Waals surface area contributed by atoms with Gasteiger partial charge in [0.2, 0.25) is 0 Å². The number of hydrogen-bond acceptors (Lipinski definition) is 2. The molecule has 2 aliphatic rings. The number of hydrogen-bond donors (Lipinski definition) is 0. The van der Waals surface area contributed by atoms with E-state index in [9.17, 15) is 0 Å². The van der Waals surface area contributed by atoms with Crippen LogP contribution in [0.15, 0.2) is 0 Å². The van der Waals surface area contributed by atoms with Gasteiger partial charge in [-0.15, -0.1) is 23.7 Å². The van der Waals surface area contributed by atoms with E-state index in [-0.39, 0.29) is 0 Å². The summed E-state index contributed by atoms with van der Waals surface area (Å²) in [5.41, 5.74) is 0. The predicted molar refractivity (Wildman–Crippen MR) is 74.7 cm³/mol. The summed E-state index contributed by atoms with van der Waals surface area (Å²) in [5, 5.41) is 0. The molecule has 18 heavy (non-hydrogen) atoms. The van der Waals surface area contributed by atoms with Gasteiger partial charge in [-0.2, -0.15) is 0 Å². The van der Waals surface area contributed by atoms with Crippen LogP contribution in [0.4, 0.5) is 0 Å². The minimum absolute atomic E-state index is 0.858. The van der Waals surface area contributed by atoms with Crippen molar-refractivity contribution in [1.29, 1.82) is 0 Å². The zero-order valence-corrected chi connectivity index (χ0v) is 11.0. The summed E-state index contributed by atoms with van der Waals surface area (Å²) in [7, 11) is 0. The maximum absolute atomic E-state index is 3.29. The van der Waals surface area contributed by atoms with Crippen LogP contribution in [0.25, 0.3) is 0 Å². The largest absolute Gasteiger partial charge is 0.290 e. The van der Waals surface area contributed by atoms with Crippen molar-refractivity contribution in [3.05, 3.63) is 0 Å². The van der Waals surface area contributed by atoms with E-state index in [1.807, 2.05) is 0 Å². The van der Waals surface area contributed by atoms with Gasteiger partial charge in [0.1, 0.15) is 0 Å². The molecule has 0 aromatic carbocycles. The Kier molecular flexibility index (Phi) is 5.68. The Labute approximate surface area is 111 Å². The molecule has 0 amide bonds. The molecule has 0 radical (unpaired) electrons. The lowest BCUT2D eigenvalue weighted by atomic mass is 10.2. The first-order valence-corrected chi connectivity index (χ1v) is 6.77. The van der Waals surface area contributed by atoms with Gasteiger partial charge in [-0.25, -0.2) is 0 Å². The molecule has 2 heteroatoms. The standard InChI is InChI=1S/C16H20N2/c1-2-6-12-18-14-8-4-3-7-13-17(11-5-1)15-9-10-16-18/h5-8,11-16H2. The lowest BCUT2D eigenvalue weighted by Gasteiger charge is -2.19. The summed E-state index contributed by atoms with van der Waals surface area (Å²) >= 11 is 0. The van der Waals surface area contributed by atoms with Crippen LogP contribution in [-0.2, 0) is 0 Å². The van der Waals surface area contributed by atoms with Gasteiger partial charge in [0.15, 0.2) is 0 Å². The Morgan fingerprint density at radius 3 is 1.11 bits per heavy atom. The van der Waals surface area contributed by atoms with E-state index in [0.717, 1.165) is 65.0 Å². The third kappa shape index (κ3) is 4.85. The molecule has 0 aliphatic carbocycles. The van der Waals surface area contributed by atoms with Crippen LogP contribution in [0, 0.1) is 35.5 Å². The summed E-state index contributed by atoms with van der Waals surface area (Å²) in [6, 6.07) is 0. The average molecular weight is 240 g/mol. The molecule has 0 spiro atoms. The lowest BCUT2D eigenvalue weighted by molar-refractivity contribution is 0.314. The Morgan fingerprint density at radius 2 is 0.778 bits per heavy atom. The number of nitrogens with zero attached hydrogens (tertiary/aromatic N) is 2. The van der Waals surface area contributed by atoms with E-state index in [1.165, 1.54) is 0 Å². The smallest absolute Gasteiger partial charge is 0.0602 e. The van der Waals surface area contributed by atoms with Crippen LogP contribution in [-0.4, -0.2) is 49.1 Å². The zero-order chi connectivity index (χ0) is 12.5. The molecule has 2 bridgehead atoms. The summed E-state index contributed by atoms with van der Waals surface area (Å²) < 4.78 is 0. The topological polar surface area (TPSA) is 6.48 Å². The molecule has 0 aromatic heterocycles. The SMILES string of the molecule is C1#CCCN2CC#CCN(CC1)CCC#CCC2. The molecule has 94 valence electrons. The molecule has 2 rings (SSSR count). The predicted octanol–water partition coefficient (Wildman–Crippen LogP) is 1.19. The van der Waals surface area contributed by atoms with Crippen LogP contribution >= 0.6 is 0 Å². The van der Waals surface area contributed by atoms with E-state index < -0.39 is 0 Å². The fourth-order valence-electron chi connectivity index (χ4n) is 2.08. The van der Waals surface area contributed by atoms with Crippen molar-refractivity contribution in [2.24, 2.45) is 0 Å². The summed E-state index contributed by atoms with van der Waals surface area (Å²) in [6.07, 6.45) is 3.81. The minimum atomic E-state index is 0.858. The van der Waals surface area contributed by atoms with Crippen molar-refractivity contribution in [3.63, 3.8) is 0 Å². The molecule has 0 N–H and O–H groups in total. The molecule has 0 saturated heterocycles. The van der Waals surface area contributed by atoms with E-state index in [0.29, 0.717) is 0 Å². The van der Waals surface area contributed by atoms with Crippen molar-refractivity contribution in [3.8, 4) is 35.5 Å². The third-order valence-corrected chi connectivity index (χ3v) is 3.19. The average Bonchev–Trinajstić information content (AvgIpc) is 2.36. The van der Waals surface area contributed by atoms with Crippen molar-refractivity contribution in [1.82, 2.24) is 9.80 Å². The highest BCUT2D eigenvalue weighted by Gasteiger charge is 2.04. The van der Waals surface area contributed by atoms with Gasteiger partial charge in [-0.05, 0) is 0 Å². The summed E-state index contributed by atoms with van der Waals surface area (Å²) in [5.74, 6) is 19.7. The first-order valence-electron chi connectivity index (χ1n) is 6.77. The van der Waals surface area contributed by atoms with Gasteiger partial charge in [-0.1, -0.05) is 11.8 Å². The molecule has 2 heterocycles. The summed E-state index contributed by atoms with van der Waals surface area (Å²) in [4.78, 5) is 4.73. The van der Waals surface area contributed by atoms with Crippen LogP contribution in [0.1, 0.15) is 25.7 Å². The molecule has 2 aliphatic heterocycles. The third-order valence-electron chi connectivity index (χ3n) is 3.19. The van der Waals surface area contributed by atoms with Gasteiger partial charge >= 0.3 is 0 Å². The van der Waals surface area contributed by atoms with Crippen molar-refractivity contribution >= 4 is 0 Å². The van der Waals surface area contributed by atoms with Crippen LogP contribution in [0.2, 0.25) is 0 Å². The van der Waals surface area contributed by atoms with Crippen LogP contribution in [0.5, 0.6) is 0 Å². The molecule has 0 atom stereocenters. The fraction of sp³-hybridized carbons (Fsp3) is 0.625. The van der Waals surface area contributed by atoms with Gasteiger partial charge in [0.25, 0.3) is 0 Å². The van der Waals surface area contributed by atoms with Crippen molar-refractivity contribution in [2.45, 2.75) is 25.7 Å². The Hall–Kier alpha value is -1.40. The zero-order valence-electron chi connectivity index (χ0n) is 11.0. The molecule has 0 aromatic rings. The van der Waals surface area contributed by atoms with E-state index >= 15 is 0 Å². The first kappa shape index (κ1) is 13.0. The van der Waals surface area contributed by atoms with Crippen LogP contribution < -0.4 is 0 Å². The Bertz CT molecular complexity index is 369. The highest BCUT2D eigenvalue weighted by molar-refractivity contribution is 5.08. The first-order chi connectivity index (χ1) is 8.95. The fourth-order valence-corrected chi connectivity index (χ4v) is 2.08. The second kappa shape index (κ2) is 7.84. The van der Waals surface area contributed by atoms with E-state index in [2.05, 4.69) is 45.3 Å². The number of fused-ring (bicyclic) bond motifs is 4. The second-order valence-electron chi connectivity index (χ2n) is 4.61. The van der Waals surface area contributed by atoms with E-state index in [1.54, 1.807) is 0 Å². The molecular weight excluding hydrogens is 220 g/mol. The normalized spacial score (nSPS) is 28.0. The maximum Gasteiger partial charge on any atom is 0.0602 e. The molecule has 0 saturated carbocycles. The Morgan fingerprint density at radius 1 is 0.444 bits per heavy atom. The maximum atomic E-state index is 3.29. The van der Waals surface area contributed by atoms with E-state index in [4.69, 9.17) is 0 Å². The van der Waals surface area contributed by atoms with Gasteiger partial charge in [-0.3, -0.25) is 9.80 Å².